The SMILES string of the molecule is Cc1noc(CN=C(N)Nc2ccc3c(c2)OCCCO3)n1. The molecular formula is C14H17N5O3. The van der Waals surface area contributed by atoms with Crippen molar-refractivity contribution in [3.63, 3.8) is 0 Å². The molecule has 0 unspecified atom stereocenters. The van der Waals surface area contributed by atoms with Crippen LogP contribution >= 0.6 is 0 Å². The molecule has 0 saturated carbocycles. The lowest BCUT2D eigenvalue weighted by Gasteiger charge is -2.10. The third-order valence-electron chi connectivity index (χ3n) is 2.97. The number of guanidine groups is 1. The second kappa shape index (κ2) is 6.33. The molecule has 2 heterocycles. The molecule has 3 rings (SSSR count). The van der Waals surface area contributed by atoms with Crippen molar-refractivity contribution in [1.29, 1.82) is 0 Å². The summed E-state index contributed by atoms with van der Waals surface area (Å²) in [4.78, 5) is 8.20. The van der Waals surface area contributed by atoms with Gasteiger partial charge < -0.3 is 25.0 Å². The molecule has 0 saturated heterocycles. The van der Waals surface area contributed by atoms with Gasteiger partial charge in [0.2, 0.25) is 5.89 Å². The molecule has 8 nitrogen and oxygen atoms in total. The van der Waals surface area contributed by atoms with E-state index < -0.39 is 0 Å². The van der Waals surface area contributed by atoms with Crippen LogP contribution in [-0.4, -0.2) is 29.3 Å². The molecule has 1 aromatic heterocycles. The molecule has 0 spiro atoms. The smallest absolute Gasteiger partial charge is 0.248 e. The van der Waals surface area contributed by atoms with Crippen LogP contribution in [0.5, 0.6) is 11.5 Å². The van der Waals surface area contributed by atoms with Crippen molar-refractivity contribution >= 4 is 11.6 Å². The average Bonchev–Trinajstić information content (AvgIpc) is 2.78. The standard InChI is InChI=1S/C14H17N5O3/c1-9-17-13(22-19-9)8-16-14(15)18-10-3-4-11-12(7-10)21-6-2-5-20-11/h3-4,7H,2,5-6,8H2,1H3,(H3,15,16,18). The molecule has 3 N–H and O–H groups in total. The fourth-order valence-corrected chi connectivity index (χ4v) is 1.99. The number of hydrogen-bond donors (Lipinski definition) is 2. The Labute approximate surface area is 127 Å². The van der Waals surface area contributed by atoms with Crippen LogP contribution in [-0.2, 0) is 6.54 Å². The third kappa shape index (κ3) is 3.46. The van der Waals surface area contributed by atoms with E-state index in [4.69, 9.17) is 19.7 Å². The number of fused-ring (bicyclic) bond motifs is 1. The van der Waals surface area contributed by atoms with Crippen molar-refractivity contribution in [3.8, 4) is 11.5 Å². The highest BCUT2D eigenvalue weighted by Gasteiger charge is 2.11. The molecule has 22 heavy (non-hydrogen) atoms. The summed E-state index contributed by atoms with van der Waals surface area (Å²) in [7, 11) is 0. The molecule has 8 heteroatoms. The number of hydrogen-bond acceptors (Lipinski definition) is 6. The number of nitrogens with one attached hydrogen (secondary N) is 1. The Hall–Kier alpha value is -2.77. The molecule has 1 aliphatic rings. The molecule has 1 aliphatic heterocycles. The third-order valence-corrected chi connectivity index (χ3v) is 2.97. The van der Waals surface area contributed by atoms with Crippen molar-refractivity contribution in [1.82, 2.24) is 10.1 Å². The lowest BCUT2D eigenvalue weighted by molar-refractivity contribution is 0.297. The maximum Gasteiger partial charge on any atom is 0.248 e. The fraction of sp³-hybridized carbons (Fsp3) is 0.357. The minimum atomic E-state index is 0.226. The summed E-state index contributed by atoms with van der Waals surface area (Å²) >= 11 is 0. The monoisotopic (exact) mass is 303 g/mol. The topological polar surface area (TPSA) is 108 Å². The number of ether oxygens (including phenoxy) is 2. The zero-order chi connectivity index (χ0) is 15.4. The quantitative estimate of drug-likeness (QED) is 0.653. The Morgan fingerprint density at radius 3 is 2.91 bits per heavy atom. The van der Waals surface area contributed by atoms with Gasteiger partial charge in [0.1, 0.15) is 6.54 Å². The number of anilines is 1. The lowest BCUT2D eigenvalue weighted by Crippen LogP contribution is -2.22. The van der Waals surface area contributed by atoms with E-state index in [2.05, 4.69) is 20.4 Å². The van der Waals surface area contributed by atoms with Crippen LogP contribution in [0.4, 0.5) is 5.69 Å². The fourth-order valence-electron chi connectivity index (χ4n) is 1.99. The molecular weight excluding hydrogens is 286 g/mol. The molecule has 0 bridgehead atoms. The molecule has 0 aliphatic carbocycles. The van der Waals surface area contributed by atoms with Crippen LogP contribution in [0.15, 0.2) is 27.7 Å². The first-order valence-corrected chi connectivity index (χ1v) is 6.96. The van der Waals surface area contributed by atoms with Crippen LogP contribution in [0.1, 0.15) is 18.1 Å². The molecule has 116 valence electrons. The summed E-state index contributed by atoms with van der Waals surface area (Å²) in [6, 6.07) is 5.53. The largest absolute Gasteiger partial charge is 0.490 e. The van der Waals surface area contributed by atoms with E-state index in [1.165, 1.54) is 0 Å². The molecule has 0 amide bonds. The number of rotatable bonds is 3. The molecule has 2 aromatic rings. The van der Waals surface area contributed by atoms with Crippen molar-refractivity contribution in [3.05, 3.63) is 29.9 Å². The van der Waals surface area contributed by atoms with Gasteiger partial charge in [0.05, 0.1) is 13.2 Å². The predicted molar refractivity (Wildman–Crippen MR) is 80.0 cm³/mol. The number of aryl methyl sites for hydroxylation is 1. The summed E-state index contributed by atoms with van der Waals surface area (Å²) in [5.41, 5.74) is 6.61. The zero-order valence-electron chi connectivity index (χ0n) is 12.2. The van der Waals surface area contributed by atoms with Crippen LogP contribution in [0, 0.1) is 6.92 Å². The summed E-state index contributed by atoms with van der Waals surface area (Å²) < 4.78 is 16.2. The Morgan fingerprint density at radius 1 is 1.32 bits per heavy atom. The van der Waals surface area contributed by atoms with Gasteiger partial charge in [-0.05, 0) is 19.1 Å². The Balaban J connectivity index is 1.65. The number of aliphatic imine (C=N–C) groups is 1. The minimum Gasteiger partial charge on any atom is -0.490 e. The van der Waals surface area contributed by atoms with E-state index in [1.54, 1.807) is 6.92 Å². The van der Waals surface area contributed by atoms with Crippen LogP contribution in [0.3, 0.4) is 0 Å². The first kappa shape index (κ1) is 14.2. The van der Waals surface area contributed by atoms with Crippen LogP contribution < -0.4 is 20.5 Å². The molecule has 0 fully saturated rings. The molecule has 1 aromatic carbocycles. The first-order chi connectivity index (χ1) is 10.7. The summed E-state index contributed by atoms with van der Waals surface area (Å²) in [6.07, 6.45) is 0.866. The first-order valence-electron chi connectivity index (χ1n) is 6.96. The van der Waals surface area contributed by atoms with Gasteiger partial charge in [0.25, 0.3) is 0 Å². The number of nitrogens with zero attached hydrogens (tertiary/aromatic N) is 3. The van der Waals surface area contributed by atoms with E-state index in [0.717, 1.165) is 17.9 Å². The van der Waals surface area contributed by atoms with E-state index in [9.17, 15) is 0 Å². The highest BCUT2D eigenvalue weighted by atomic mass is 16.5. The van der Waals surface area contributed by atoms with Gasteiger partial charge in [-0.25, -0.2) is 4.99 Å². The average molecular weight is 303 g/mol. The van der Waals surface area contributed by atoms with Crippen LogP contribution in [0.2, 0.25) is 0 Å². The predicted octanol–water partition coefficient (Wildman–Crippen LogP) is 1.47. The number of benzene rings is 1. The Morgan fingerprint density at radius 2 is 2.14 bits per heavy atom. The Bertz CT molecular complexity index is 683. The highest BCUT2D eigenvalue weighted by molar-refractivity contribution is 5.92. The van der Waals surface area contributed by atoms with Crippen molar-refractivity contribution in [2.24, 2.45) is 10.7 Å². The van der Waals surface area contributed by atoms with E-state index in [1.807, 2.05) is 18.2 Å². The second-order valence-corrected chi connectivity index (χ2v) is 4.77. The van der Waals surface area contributed by atoms with E-state index in [0.29, 0.717) is 30.7 Å². The molecule has 0 radical (unpaired) electrons. The van der Waals surface area contributed by atoms with Crippen LogP contribution in [0.25, 0.3) is 0 Å². The van der Waals surface area contributed by atoms with Crippen molar-refractivity contribution in [2.45, 2.75) is 19.9 Å². The Kier molecular flexibility index (Phi) is 4.08. The van der Waals surface area contributed by atoms with Gasteiger partial charge in [-0.2, -0.15) is 4.98 Å². The highest BCUT2D eigenvalue weighted by Crippen LogP contribution is 2.32. The maximum absolute atomic E-state index is 5.84. The zero-order valence-corrected chi connectivity index (χ0v) is 12.2. The van der Waals surface area contributed by atoms with Gasteiger partial charge in [-0.1, -0.05) is 5.16 Å². The van der Waals surface area contributed by atoms with Gasteiger partial charge >= 0.3 is 0 Å². The minimum absolute atomic E-state index is 0.226. The van der Waals surface area contributed by atoms with Crippen molar-refractivity contribution in [2.75, 3.05) is 18.5 Å². The second-order valence-electron chi connectivity index (χ2n) is 4.77. The van der Waals surface area contributed by atoms with Crippen molar-refractivity contribution < 1.29 is 14.0 Å². The van der Waals surface area contributed by atoms with Gasteiger partial charge in [-0.15, -0.1) is 0 Å². The van der Waals surface area contributed by atoms with Gasteiger partial charge in [0, 0.05) is 18.2 Å². The summed E-state index contributed by atoms with van der Waals surface area (Å²) in [5, 5.41) is 6.68. The summed E-state index contributed by atoms with van der Waals surface area (Å²) in [6.45, 7) is 3.27. The van der Waals surface area contributed by atoms with Gasteiger partial charge in [-0.3, -0.25) is 0 Å². The normalized spacial score (nSPS) is 14.5. The van der Waals surface area contributed by atoms with Gasteiger partial charge in [0.15, 0.2) is 23.3 Å². The number of nitrogens with two attached hydrogens (primary N) is 1. The van der Waals surface area contributed by atoms with E-state index >= 15 is 0 Å². The van der Waals surface area contributed by atoms with E-state index in [-0.39, 0.29) is 12.5 Å². The lowest BCUT2D eigenvalue weighted by atomic mass is 10.3. The summed E-state index contributed by atoms with van der Waals surface area (Å²) in [5.74, 6) is 2.67. The number of aromatic nitrogens is 2. The molecule has 0 atom stereocenters. The maximum atomic E-state index is 5.84.